The second kappa shape index (κ2) is 9.87. The van der Waals surface area contributed by atoms with Gasteiger partial charge in [0, 0.05) is 28.3 Å². The molecule has 0 bridgehead atoms. The predicted molar refractivity (Wildman–Crippen MR) is 134 cm³/mol. The number of nitrogens with zero attached hydrogens (tertiary/aromatic N) is 1. The van der Waals surface area contributed by atoms with Crippen LogP contribution in [-0.4, -0.2) is 16.3 Å². The third kappa shape index (κ3) is 5.01. The number of aliphatic hydroxyl groups excluding tert-OH is 1. The highest BCUT2D eigenvalue weighted by Crippen LogP contribution is 2.39. The molecule has 0 aromatic heterocycles. The summed E-state index contributed by atoms with van der Waals surface area (Å²) in [7, 11) is 0. The molecule has 1 aliphatic rings. The van der Waals surface area contributed by atoms with Gasteiger partial charge in [-0.2, -0.15) is 0 Å². The smallest absolute Gasteiger partial charge is 0.144 e. The van der Waals surface area contributed by atoms with Crippen LogP contribution in [-0.2, 0) is 12.8 Å². The lowest BCUT2D eigenvalue weighted by Crippen LogP contribution is -2.32. The Balaban J connectivity index is 1.77. The molecule has 0 amide bonds. The van der Waals surface area contributed by atoms with E-state index in [4.69, 9.17) is 16.3 Å². The second-order valence-corrected chi connectivity index (χ2v) is 8.82. The summed E-state index contributed by atoms with van der Waals surface area (Å²) >= 11 is 6.06. The fourth-order valence-electron chi connectivity index (χ4n) is 4.06. The van der Waals surface area contributed by atoms with Gasteiger partial charge in [0.2, 0.25) is 0 Å². The van der Waals surface area contributed by atoms with Crippen LogP contribution >= 0.6 is 11.6 Å². The normalized spacial score (nSPS) is 15.6. The first-order chi connectivity index (χ1) is 15.9. The Labute approximate surface area is 199 Å². The average Bonchev–Trinajstić information content (AvgIpc) is 2.81. The molecule has 6 heteroatoms. The first-order valence-corrected chi connectivity index (χ1v) is 11.5. The van der Waals surface area contributed by atoms with Crippen LogP contribution in [0.25, 0.3) is 5.57 Å². The zero-order chi connectivity index (χ0) is 23.5. The number of fused-ring (bicyclic) bond motifs is 1. The predicted octanol–water partition coefficient (Wildman–Crippen LogP) is 6.52. The van der Waals surface area contributed by atoms with E-state index in [2.05, 4.69) is 12.2 Å². The van der Waals surface area contributed by atoms with Crippen molar-refractivity contribution in [3.8, 4) is 5.75 Å². The Morgan fingerprint density at radius 1 is 1.09 bits per heavy atom. The van der Waals surface area contributed by atoms with E-state index >= 15 is 0 Å². The highest BCUT2D eigenvalue weighted by molar-refractivity contribution is 6.30. The van der Waals surface area contributed by atoms with Gasteiger partial charge < -0.3 is 25.4 Å². The molecule has 172 valence electrons. The first kappa shape index (κ1) is 23.2. The molecule has 1 atom stereocenters. The maximum Gasteiger partial charge on any atom is 0.144 e. The zero-order valence-electron chi connectivity index (χ0n) is 19.0. The Morgan fingerprint density at radius 2 is 1.82 bits per heavy atom. The van der Waals surface area contributed by atoms with Crippen molar-refractivity contribution >= 4 is 22.9 Å². The van der Waals surface area contributed by atoms with E-state index in [0.717, 1.165) is 40.1 Å². The van der Waals surface area contributed by atoms with Crippen molar-refractivity contribution in [1.29, 1.82) is 0 Å². The maximum atomic E-state index is 13.2. The minimum Gasteiger partial charge on any atom is -0.755 e. The van der Waals surface area contributed by atoms with Crippen LogP contribution < -0.4 is 10.1 Å². The standard InChI is InChI=1S/C27H28ClN2O3/c1-4-19-16-21(13-14-25(19)33-17(2)3)29-26-24(15-18-9-11-20(28)12-10-18)22-7-5-6-8-23(22)27(31)30(26)32/h5-14,16-17,27,29,31H,4,15H2,1-3H3/q-1. The van der Waals surface area contributed by atoms with Gasteiger partial charge in [0.1, 0.15) is 17.8 Å². The van der Waals surface area contributed by atoms with Crippen molar-refractivity contribution < 1.29 is 9.84 Å². The van der Waals surface area contributed by atoms with Crippen molar-refractivity contribution in [3.05, 3.63) is 105 Å². The number of halogens is 1. The van der Waals surface area contributed by atoms with Gasteiger partial charge >= 0.3 is 0 Å². The summed E-state index contributed by atoms with van der Waals surface area (Å²) in [5, 5.41) is 28.6. The van der Waals surface area contributed by atoms with E-state index in [-0.39, 0.29) is 6.10 Å². The molecular weight excluding hydrogens is 436 g/mol. The SMILES string of the molecule is CCc1cc(NC2=C(Cc3ccc(Cl)cc3)c3ccccc3C(O)N2[O-])ccc1OC(C)C. The number of hydrogen-bond donors (Lipinski definition) is 2. The van der Waals surface area contributed by atoms with Gasteiger partial charge in [0.05, 0.1) is 6.10 Å². The number of aliphatic hydroxyl groups is 1. The molecule has 1 heterocycles. The first-order valence-electron chi connectivity index (χ1n) is 11.1. The van der Waals surface area contributed by atoms with Crippen LogP contribution in [0.2, 0.25) is 5.02 Å². The van der Waals surface area contributed by atoms with Crippen molar-refractivity contribution in [2.45, 2.75) is 45.9 Å². The van der Waals surface area contributed by atoms with Gasteiger partial charge in [0.15, 0.2) is 0 Å². The van der Waals surface area contributed by atoms with E-state index in [1.807, 2.05) is 74.5 Å². The van der Waals surface area contributed by atoms with Crippen LogP contribution in [0, 0.1) is 5.21 Å². The van der Waals surface area contributed by atoms with E-state index in [1.165, 1.54) is 0 Å². The van der Waals surface area contributed by atoms with Gasteiger partial charge in [-0.25, -0.2) is 0 Å². The average molecular weight is 464 g/mol. The molecule has 3 aromatic rings. The van der Waals surface area contributed by atoms with Gasteiger partial charge in [-0.15, -0.1) is 0 Å². The summed E-state index contributed by atoms with van der Waals surface area (Å²) in [4.78, 5) is 0. The quantitative estimate of drug-likeness (QED) is 0.417. The molecule has 0 aliphatic carbocycles. The van der Waals surface area contributed by atoms with Crippen LogP contribution in [0.4, 0.5) is 5.69 Å². The Kier molecular flexibility index (Phi) is 6.94. The highest BCUT2D eigenvalue weighted by atomic mass is 35.5. The lowest BCUT2D eigenvalue weighted by Gasteiger charge is -2.44. The fourth-order valence-corrected chi connectivity index (χ4v) is 4.19. The topological polar surface area (TPSA) is 67.8 Å². The number of aryl methyl sites for hydroxylation is 1. The number of benzene rings is 3. The van der Waals surface area contributed by atoms with Gasteiger partial charge in [-0.05, 0) is 67.3 Å². The van der Waals surface area contributed by atoms with Crippen LogP contribution in [0.5, 0.6) is 5.75 Å². The number of nitrogens with one attached hydrogen (secondary N) is 1. The summed E-state index contributed by atoms with van der Waals surface area (Å²) in [6.07, 6.45) is 0.0922. The Hall–Kier alpha value is -2.99. The number of hydrogen-bond acceptors (Lipinski definition) is 5. The summed E-state index contributed by atoms with van der Waals surface area (Å²) in [5.41, 5.74) is 5.08. The number of allylic oxidation sites excluding steroid dienone is 1. The van der Waals surface area contributed by atoms with E-state index in [1.54, 1.807) is 6.07 Å². The lowest BCUT2D eigenvalue weighted by molar-refractivity contribution is 0.0580. The molecule has 0 spiro atoms. The molecule has 1 unspecified atom stereocenters. The fraction of sp³-hybridized carbons (Fsp3) is 0.259. The van der Waals surface area contributed by atoms with Crippen LogP contribution in [0.3, 0.4) is 0 Å². The molecule has 0 fully saturated rings. The molecule has 4 rings (SSSR count). The van der Waals surface area contributed by atoms with E-state index in [9.17, 15) is 10.3 Å². The number of ether oxygens (including phenoxy) is 1. The largest absolute Gasteiger partial charge is 0.755 e. The molecule has 3 aromatic carbocycles. The highest BCUT2D eigenvalue weighted by Gasteiger charge is 2.27. The molecule has 0 radical (unpaired) electrons. The van der Waals surface area contributed by atoms with Crippen molar-refractivity contribution in [1.82, 2.24) is 5.06 Å². The summed E-state index contributed by atoms with van der Waals surface area (Å²) in [6, 6.07) is 20.8. The second-order valence-electron chi connectivity index (χ2n) is 8.38. The summed E-state index contributed by atoms with van der Waals surface area (Å²) in [5.74, 6) is 1.16. The molecule has 0 saturated carbocycles. The molecule has 1 aliphatic heterocycles. The van der Waals surface area contributed by atoms with Crippen LogP contribution in [0.15, 0.2) is 72.6 Å². The molecule has 0 saturated heterocycles. The Bertz CT molecular complexity index is 1160. The van der Waals surface area contributed by atoms with E-state index < -0.39 is 6.23 Å². The summed E-state index contributed by atoms with van der Waals surface area (Å²) < 4.78 is 5.91. The minimum atomic E-state index is -1.29. The monoisotopic (exact) mass is 463 g/mol. The molecular formula is C27H28ClN2O3-. The maximum absolute atomic E-state index is 13.2. The van der Waals surface area contributed by atoms with Crippen molar-refractivity contribution in [2.75, 3.05) is 5.32 Å². The van der Waals surface area contributed by atoms with E-state index in [0.29, 0.717) is 27.9 Å². The lowest BCUT2D eigenvalue weighted by atomic mass is 9.90. The van der Waals surface area contributed by atoms with Crippen molar-refractivity contribution in [2.24, 2.45) is 0 Å². The number of rotatable bonds is 7. The molecule has 33 heavy (non-hydrogen) atoms. The number of hydroxylamine groups is 2. The molecule has 2 N–H and O–H groups in total. The summed E-state index contributed by atoms with van der Waals surface area (Å²) in [6.45, 7) is 6.06. The van der Waals surface area contributed by atoms with Gasteiger partial charge in [-0.1, -0.05) is 54.9 Å². The minimum absolute atomic E-state index is 0.0740. The van der Waals surface area contributed by atoms with Crippen LogP contribution in [0.1, 0.15) is 49.3 Å². The van der Waals surface area contributed by atoms with Crippen molar-refractivity contribution in [3.63, 3.8) is 0 Å². The Morgan fingerprint density at radius 3 is 2.52 bits per heavy atom. The third-order valence-corrected chi connectivity index (χ3v) is 5.91. The number of anilines is 1. The van der Waals surface area contributed by atoms with Gasteiger partial charge in [-0.3, -0.25) is 0 Å². The van der Waals surface area contributed by atoms with Gasteiger partial charge in [0.25, 0.3) is 0 Å². The third-order valence-electron chi connectivity index (χ3n) is 5.65. The molecule has 5 nitrogen and oxygen atoms in total. The zero-order valence-corrected chi connectivity index (χ0v) is 19.8.